The maximum Gasteiger partial charge on any atom is 0.294 e. The SMILES string of the molecule is O=C(CN1C(=O)S/C(=C/c2ccc(OCc3ccc([N+](=O)[O-])cc3)c(Br)c2)C1=O)Nc1ccccc1Cl. The van der Waals surface area contributed by atoms with Gasteiger partial charge in [0.05, 0.1) is 25.0 Å². The van der Waals surface area contributed by atoms with Crippen LogP contribution in [0.3, 0.4) is 0 Å². The number of para-hydroxylation sites is 1. The smallest absolute Gasteiger partial charge is 0.294 e. The molecule has 1 fully saturated rings. The topological polar surface area (TPSA) is 119 Å². The molecule has 0 saturated carbocycles. The minimum absolute atomic E-state index is 0.0000756. The Morgan fingerprint density at radius 2 is 1.86 bits per heavy atom. The minimum atomic E-state index is -0.570. The molecule has 0 aromatic heterocycles. The summed E-state index contributed by atoms with van der Waals surface area (Å²) in [5, 5.41) is 13.2. The Morgan fingerprint density at radius 1 is 1.14 bits per heavy atom. The molecule has 3 aromatic carbocycles. The molecule has 9 nitrogen and oxygen atoms in total. The van der Waals surface area contributed by atoms with Crippen molar-refractivity contribution in [3.05, 3.63) is 102 Å². The Labute approximate surface area is 228 Å². The first-order valence-corrected chi connectivity index (χ1v) is 12.7. The summed E-state index contributed by atoms with van der Waals surface area (Å²) < 4.78 is 6.39. The van der Waals surface area contributed by atoms with Crippen molar-refractivity contribution in [1.82, 2.24) is 4.90 Å². The number of ether oxygens (including phenoxy) is 1. The number of carbonyl (C=O) groups excluding carboxylic acids is 3. The van der Waals surface area contributed by atoms with Crippen LogP contribution in [-0.4, -0.2) is 33.4 Å². The Hall–Kier alpha value is -3.67. The highest BCUT2D eigenvalue weighted by Crippen LogP contribution is 2.34. The van der Waals surface area contributed by atoms with Gasteiger partial charge < -0.3 is 10.1 Å². The van der Waals surface area contributed by atoms with Gasteiger partial charge in [-0.25, -0.2) is 0 Å². The molecule has 1 N–H and O–H groups in total. The normalized spacial score (nSPS) is 14.2. The maximum absolute atomic E-state index is 12.8. The second-order valence-electron chi connectivity index (χ2n) is 7.70. The van der Waals surface area contributed by atoms with E-state index >= 15 is 0 Å². The number of non-ortho nitro benzene ring substituents is 1. The molecule has 188 valence electrons. The predicted octanol–water partition coefficient (Wildman–Crippen LogP) is 6.26. The van der Waals surface area contributed by atoms with Crippen molar-refractivity contribution < 1.29 is 24.0 Å². The van der Waals surface area contributed by atoms with Gasteiger partial charge in [0.2, 0.25) is 5.91 Å². The number of thioether (sulfide) groups is 1. The average molecular weight is 603 g/mol. The Balaban J connectivity index is 1.39. The highest BCUT2D eigenvalue weighted by atomic mass is 79.9. The zero-order chi connectivity index (χ0) is 26.5. The number of nitrogens with zero attached hydrogens (tertiary/aromatic N) is 2. The van der Waals surface area contributed by atoms with E-state index in [1.165, 1.54) is 12.1 Å². The van der Waals surface area contributed by atoms with Crippen LogP contribution in [0.4, 0.5) is 16.2 Å². The van der Waals surface area contributed by atoms with Crippen LogP contribution in [0.1, 0.15) is 11.1 Å². The fraction of sp³-hybridized carbons (Fsp3) is 0.0800. The van der Waals surface area contributed by atoms with Crippen LogP contribution in [0.15, 0.2) is 76.1 Å². The van der Waals surface area contributed by atoms with Crippen LogP contribution in [0.25, 0.3) is 6.08 Å². The van der Waals surface area contributed by atoms with E-state index in [4.69, 9.17) is 16.3 Å². The van der Waals surface area contributed by atoms with Crippen LogP contribution in [0, 0.1) is 10.1 Å². The summed E-state index contributed by atoms with van der Waals surface area (Å²) in [6, 6.07) is 17.8. The molecule has 3 aromatic rings. The summed E-state index contributed by atoms with van der Waals surface area (Å²) in [5.74, 6) is -0.590. The van der Waals surface area contributed by atoms with E-state index in [9.17, 15) is 24.5 Å². The molecule has 1 aliphatic rings. The number of carbonyl (C=O) groups is 3. The minimum Gasteiger partial charge on any atom is -0.488 e. The summed E-state index contributed by atoms with van der Waals surface area (Å²) in [7, 11) is 0. The highest BCUT2D eigenvalue weighted by Gasteiger charge is 2.36. The molecular weight excluding hydrogens is 586 g/mol. The molecule has 0 radical (unpaired) electrons. The van der Waals surface area contributed by atoms with E-state index in [0.717, 1.165) is 22.2 Å². The molecule has 1 saturated heterocycles. The van der Waals surface area contributed by atoms with Gasteiger partial charge in [-0.05, 0) is 81.3 Å². The Morgan fingerprint density at radius 3 is 2.54 bits per heavy atom. The molecule has 1 aliphatic heterocycles. The van der Waals surface area contributed by atoms with E-state index in [-0.39, 0.29) is 17.2 Å². The molecule has 37 heavy (non-hydrogen) atoms. The van der Waals surface area contributed by atoms with E-state index in [2.05, 4.69) is 21.2 Å². The summed E-state index contributed by atoms with van der Waals surface area (Å²) in [6.45, 7) is -0.239. The van der Waals surface area contributed by atoms with E-state index in [1.54, 1.807) is 60.7 Å². The van der Waals surface area contributed by atoms with Gasteiger partial charge in [-0.3, -0.25) is 29.4 Å². The second-order valence-corrected chi connectivity index (χ2v) is 9.95. The number of rotatable bonds is 8. The fourth-order valence-electron chi connectivity index (χ4n) is 3.28. The Kier molecular flexibility index (Phi) is 8.27. The maximum atomic E-state index is 12.8. The molecular formula is C25H17BrClN3O6S. The standard InChI is InChI=1S/C25H17BrClN3O6S/c26-18-11-16(7-10-21(18)36-14-15-5-8-17(9-6-15)30(34)35)12-22-24(32)29(25(33)37-22)13-23(31)28-20-4-2-1-3-19(20)27/h1-12H,13-14H2,(H,28,31)/b22-12+. The van der Waals surface area contributed by atoms with Crippen LogP contribution in [0.2, 0.25) is 5.02 Å². The molecule has 0 unspecified atom stereocenters. The third-order valence-electron chi connectivity index (χ3n) is 5.12. The molecule has 3 amide bonds. The van der Waals surface area contributed by atoms with Gasteiger partial charge in [-0.2, -0.15) is 0 Å². The van der Waals surface area contributed by atoms with Crippen LogP contribution < -0.4 is 10.1 Å². The summed E-state index contributed by atoms with van der Waals surface area (Å²) >= 11 is 10.2. The highest BCUT2D eigenvalue weighted by molar-refractivity contribution is 9.10. The van der Waals surface area contributed by atoms with Crippen LogP contribution in [0.5, 0.6) is 5.75 Å². The number of amides is 3. The second kappa shape index (κ2) is 11.6. The van der Waals surface area contributed by atoms with Crippen LogP contribution >= 0.6 is 39.3 Å². The first-order valence-electron chi connectivity index (χ1n) is 10.7. The van der Waals surface area contributed by atoms with Gasteiger partial charge in [0.1, 0.15) is 18.9 Å². The zero-order valence-corrected chi connectivity index (χ0v) is 22.0. The van der Waals surface area contributed by atoms with Crippen molar-refractivity contribution >= 4 is 73.8 Å². The first kappa shape index (κ1) is 26.4. The summed E-state index contributed by atoms with van der Waals surface area (Å²) in [5.41, 5.74) is 1.78. The molecule has 0 bridgehead atoms. The van der Waals surface area contributed by atoms with Gasteiger partial charge in [-0.15, -0.1) is 0 Å². The number of hydrogen-bond donors (Lipinski definition) is 1. The third-order valence-corrected chi connectivity index (χ3v) is 6.98. The van der Waals surface area contributed by atoms with Crippen molar-refractivity contribution in [2.24, 2.45) is 0 Å². The number of nitro groups is 1. The van der Waals surface area contributed by atoms with Crippen molar-refractivity contribution in [3.63, 3.8) is 0 Å². The lowest BCUT2D eigenvalue weighted by Gasteiger charge is -2.13. The lowest BCUT2D eigenvalue weighted by molar-refractivity contribution is -0.384. The number of anilines is 1. The average Bonchev–Trinajstić information content (AvgIpc) is 3.12. The van der Waals surface area contributed by atoms with Gasteiger partial charge >= 0.3 is 0 Å². The quantitative estimate of drug-likeness (QED) is 0.183. The van der Waals surface area contributed by atoms with Gasteiger partial charge in [0.15, 0.2) is 0 Å². The zero-order valence-electron chi connectivity index (χ0n) is 18.9. The number of imide groups is 1. The first-order chi connectivity index (χ1) is 17.7. The van der Waals surface area contributed by atoms with Crippen molar-refractivity contribution in [2.45, 2.75) is 6.61 Å². The number of nitro benzene ring substituents is 1. The van der Waals surface area contributed by atoms with E-state index < -0.39 is 28.5 Å². The van der Waals surface area contributed by atoms with E-state index in [1.807, 2.05) is 0 Å². The molecule has 4 rings (SSSR count). The van der Waals surface area contributed by atoms with Crippen LogP contribution in [-0.2, 0) is 16.2 Å². The molecule has 0 aliphatic carbocycles. The van der Waals surface area contributed by atoms with Crippen molar-refractivity contribution in [1.29, 1.82) is 0 Å². The number of hydrogen-bond acceptors (Lipinski definition) is 7. The van der Waals surface area contributed by atoms with Gasteiger partial charge in [0, 0.05) is 12.1 Å². The van der Waals surface area contributed by atoms with Gasteiger partial charge in [0.25, 0.3) is 16.8 Å². The van der Waals surface area contributed by atoms with Crippen molar-refractivity contribution in [3.8, 4) is 5.75 Å². The molecule has 0 spiro atoms. The molecule has 0 atom stereocenters. The molecule has 1 heterocycles. The van der Waals surface area contributed by atoms with Crippen molar-refractivity contribution in [2.75, 3.05) is 11.9 Å². The van der Waals surface area contributed by atoms with E-state index in [0.29, 0.717) is 26.5 Å². The monoisotopic (exact) mass is 601 g/mol. The fourth-order valence-corrected chi connectivity index (χ4v) is 4.81. The predicted molar refractivity (Wildman–Crippen MR) is 144 cm³/mol. The Bertz CT molecular complexity index is 1430. The number of halogens is 2. The molecule has 12 heteroatoms. The van der Waals surface area contributed by atoms with Gasteiger partial charge in [-0.1, -0.05) is 29.8 Å². The number of nitrogens with one attached hydrogen (secondary N) is 1. The lowest BCUT2D eigenvalue weighted by atomic mass is 10.2. The summed E-state index contributed by atoms with van der Waals surface area (Å²) in [6.07, 6.45) is 1.56. The third kappa shape index (κ3) is 6.56. The largest absolute Gasteiger partial charge is 0.488 e. The summed E-state index contributed by atoms with van der Waals surface area (Å²) in [4.78, 5) is 48.9. The number of benzene rings is 3. The lowest BCUT2D eigenvalue weighted by Crippen LogP contribution is -2.36.